The van der Waals surface area contributed by atoms with Gasteiger partial charge in [-0.1, -0.05) is 63.2 Å². The van der Waals surface area contributed by atoms with E-state index in [0.717, 1.165) is 11.1 Å². The molecule has 0 aromatic heterocycles. The number of carbonyl (C=O) groups excluding carboxylic acids is 2. The van der Waals surface area contributed by atoms with Crippen LogP contribution in [-0.4, -0.2) is 26.2 Å². The van der Waals surface area contributed by atoms with Crippen LogP contribution < -0.4 is 15.8 Å². The average molecular weight is 583 g/mol. The lowest BCUT2D eigenvalue weighted by molar-refractivity contribution is 0.0980. The number of hydrogen-bond acceptors (Lipinski definition) is 7. The molecule has 3 N–H and O–H groups in total. The first kappa shape index (κ1) is 29.1. The second kappa shape index (κ2) is 10.1. The first-order valence-corrected chi connectivity index (χ1v) is 15.5. The Labute approximate surface area is 246 Å². The number of hydrogen-bond donors (Lipinski definition) is 2. The van der Waals surface area contributed by atoms with Crippen LogP contribution in [0.4, 0.5) is 17.1 Å². The van der Waals surface area contributed by atoms with E-state index in [9.17, 15) is 18.0 Å². The summed E-state index contributed by atoms with van der Waals surface area (Å²) in [5.74, 6) is -0.0339. The van der Waals surface area contributed by atoms with Gasteiger partial charge in [0.2, 0.25) is 0 Å². The van der Waals surface area contributed by atoms with E-state index in [1.165, 1.54) is 6.26 Å². The maximum Gasteiger partial charge on any atom is 0.196 e. The van der Waals surface area contributed by atoms with Crippen molar-refractivity contribution in [2.24, 2.45) is 0 Å². The summed E-state index contributed by atoms with van der Waals surface area (Å²) in [7, 11) is -3.55. The molecule has 4 aromatic carbocycles. The second-order valence-electron chi connectivity index (χ2n) is 11.9. The topological polar surface area (TPSA) is 116 Å². The van der Waals surface area contributed by atoms with E-state index in [4.69, 9.17) is 10.5 Å². The molecule has 4 aromatic rings. The predicted octanol–water partition coefficient (Wildman–Crippen LogP) is 7.21. The lowest BCUT2D eigenvalue weighted by atomic mass is 9.82. The van der Waals surface area contributed by atoms with Crippen molar-refractivity contribution < 1.29 is 22.7 Å². The number of aryl methyl sites for hydroxylation is 2. The maximum atomic E-state index is 13.9. The number of carbonyl (C=O) groups is 2. The Morgan fingerprint density at radius 2 is 1.38 bits per heavy atom. The highest BCUT2D eigenvalue weighted by Gasteiger charge is 2.35. The molecule has 0 atom stereocenters. The molecule has 0 fully saturated rings. The molecule has 216 valence electrons. The van der Waals surface area contributed by atoms with Crippen LogP contribution in [0.25, 0.3) is 0 Å². The van der Waals surface area contributed by atoms with Crippen LogP contribution in [0.3, 0.4) is 0 Å². The molecule has 0 unspecified atom stereocenters. The molecular weight excluding hydrogens is 548 g/mol. The number of sulfone groups is 1. The second-order valence-corrected chi connectivity index (χ2v) is 13.9. The number of ether oxygens (including phenoxy) is 1. The third kappa shape index (κ3) is 4.96. The quantitative estimate of drug-likeness (QED) is 0.210. The zero-order chi connectivity index (χ0) is 30.7. The number of ketones is 2. The Hall–Kier alpha value is -4.43. The van der Waals surface area contributed by atoms with Crippen LogP contribution in [0.15, 0.2) is 65.6 Å². The number of benzene rings is 4. The molecule has 1 aliphatic rings. The van der Waals surface area contributed by atoms with Crippen LogP contribution in [-0.2, 0) is 15.3 Å². The number of rotatable bonds is 5. The SMILES string of the molecule is Cc1cc(C)c(S(C)(=O)=O)c(C)c1Nc1cc(Oc2ccc(C(C)(C)C)cc2)c(N)c2c1C(=O)c1ccccc1C2=O. The van der Waals surface area contributed by atoms with Crippen molar-refractivity contribution in [2.75, 3.05) is 17.3 Å². The van der Waals surface area contributed by atoms with E-state index >= 15 is 0 Å². The first-order chi connectivity index (χ1) is 19.6. The summed E-state index contributed by atoms with van der Waals surface area (Å²) in [5, 5.41) is 3.30. The third-order valence-electron chi connectivity index (χ3n) is 7.68. The van der Waals surface area contributed by atoms with E-state index in [1.54, 1.807) is 50.2 Å². The lowest BCUT2D eigenvalue weighted by Gasteiger charge is -2.25. The number of anilines is 3. The Morgan fingerprint density at radius 1 is 0.810 bits per heavy atom. The molecule has 5 rings (SSSR count). The minimum absolute atomic E-state index is 0.0464. The molecule has 0 heterocycles. The summed E-state index contributed by atoms with van der Waals surface area (Å²) in [6.07, 6.45) is 1.17. The smallest absolute Gasteiger partial charge is 0.196 e. The van der Waals surface area contributed by atoms with Gasteiger partial charge in [0, 0.05) is 29.1 Å². The molecule has 0 aliphatic heterocycles. The van der Waals surface area contributed by atoms with Gasteiger partial charge in [0.1, 0.15) is 5.75 Å². The fourth-order valence-corrected chi connectivity index (χ4v) is 6.99. The minimum atomic E-state index is -3.55. The molecule has 0 saturated carbocycles. The van der Waals surface area contributed by atoms with Gasteiger partial charge >= 0.3 is 0 Å². The number of nitrogens with one attached hydrogen (secondary N) is 1. The van der Waals surface area contributed by atoms with Crippen LogP contribution in [0.1, 0.15) is 74.9 Å². The fourth-order valence-electron chi connectivity index (χ4n) is 5.69. The zero-order valence-corrected chi connectivity index (χ0v) is 25.6. The molecular formula is C34H34N2O5S. The van der Waals surface area contributed by atoms with Gasteiger partial charge in [-0.05, 0) is 60.6 Å². The van der Waals surface area contributed by atoms with Gasteiger partial charge in [0.25, 0.3) is 0 Å². The molecule has 0 saturated heterocycles. The van der Waals surface area contributed by atoms with Crippen LogP contribution in [0.2, 0.25) is 0 Å². The van der Waals surface area contributed by atoms with Gasteiger partial charge in [-0.2, -0.15) is 0 Å². The predicted molar refractivity (Wildman–Crippen MR) is 166 cm³/mol. The molecule has 0 bridgehead atoms. The van der Waals surface area contributed by atoms with Crippen LogP contribution >= 0.6 is 0 Å². The van der Waals surface area contributed by atoms with Crippen molar-refractivity contribution in [3.8, 4) is 11.5 Å². The van der Waals surface area contributed by atoms with Crippen LogP contribution in [0.5, 0.6) is 11.5 Å². The first-order valence-electron chi connectivity index (χ1n) is 13.6. The highest BCUT2D eigenvalue weighted by molar-refractivity contribution is 7.90. The van der Waals surface area contributed by atoms with Crippen molar-refractivity contribution in [1.29, 1.82) is 0 Å². The summed E-state index contributed by atoms with van der Waals surface area (Å²) < 4.78 is 31.6. The van der Waals surface area contributed by atoms with Gasteiger partial charge in [0.15, 0.2) is 27.2 Å². The summed E-state index contributed by atoms with van der Waals surface area (Å²) in [4.78, 5) is 27.9. The molecule has 0 amide bonds. The van der Waals surface area contributed by atoms with Crippen molar-refractivity contribution in [1.82, 2.24) is 0 Å². The highest BCUT2D eigenvalue weighted by Crippen LogP contribution is 2.44. The average Bonchev–Trinajstić information content (AvgIpc) is 2.90. The third-order valence-corrected chi connectivity index (χ3v) is 9.05. The molecule has 0 radical (unpaired) electrons. The van der Waals surface area contributed by atoms with Crippen molar-refractivity contribution in [2.45, 2.75) is 51.9 Å². The molecule has 8 heteroatoms. The normalized spacial score (nSPS) is 13.0. The van der Waals surface area contributed by atoms with Gasteiger partial charge in [0.05, 0.1) is 27.4 Å². The summed E-state index contributed by atoms with van der Waals surface area (Å²) in [6, 6.07) is 17.6. The van der Waals surface area contributed by atoms with E-state index < -0.39 is 9.84 Å². The standard InChI is InChI=1S/C34H34N2O5S/c1-18-16-19(2)33(42(7,39)40)20(3)30(18)36-25-17-26(41-22-14-12-21(13-15-22)34(4,5)6)29(35)28-27(25)31(37)23-10-8-9-11-24(23)32(28)38/h8-17,36H,35H2,1-7H3. The summed E-state index contributed by atoms with van der Waals surface area (Å²) in [5.41, 5.74) is 11.1. The highest BCUT2D eigenvalue weighted by atomic mass is 32.2. The Bertz CT molecular complexity index is 1900. The molecule has 42 heavy (non-hydrogen) atoms. The Morgan fingerprint density at radius 3 is 1.93 bits per heavy atom. The van der Waals surface area contributed by atoms with Crippen LogP contribution in [0, 0.1) is 20.8 Å². The van der Waals surface area contributed by atoms with E-state index in [2.05, 4.69) is 26.1 Å². The van der Waals surface area contributed by atoms with Gasteiger partial charge in [-0.25, -0.2) is 8.42 Å². The van der Waals surface area contributed by atoms with E-state index in [1.807, 2.05) is 31.2 Å². The van der Waals surface area contributed by atoms with Crippen molar-refractivity contribution in [3.63, 3.8) is 0 Å². The van der Waals surface area contributed by atoms with Crippen molar-refractivity contribution in [3.05, 3.63) is 105 Å². The maximum absolute atomic E-state index is 13.9. The summed E-state index contributed by atoms with van der Waals surface area (Å²) in [6.45, 7) is 11.7. The van der Waals surface area contributed by atoms with E-state index in [0.29, 0.717) is 28.3 Å². The number of fused-ring (bicyclic) bond motifs is 2. The molecule has 0 spiro atoms. The Balaban J connectivity index is 1.72. The molecule has 7 nitrogen and oxygen atoms in total. The van der Waals surface area contributed by atoms with E-state index in [-0.39, 0.29) is 55.6 Å². The minimum Gasteiger partial charge on any atom is -0.455 e. The van der Waals surface area contributed by atoms with Gasteiger partial charge in [-0.15, -0.1) is 0 Å². The monoisotopic (exact) mass is 582 g/mol. The van der Waals surface area contributed by atoms with Gasteiger partial charge < -0.3 is 15.8 Å². The molecule has 1 aliphatic carbocycles. The number of nitrogen functional groups attached to an aromatic ring is 1. The Kier molecular flexibility index (Phi) is 7.02. The fraction of sp³-hybridized carbons (Fsp3) is 0.235. The zero-order valence-electron chi connectivity index (χ0n) is 24.8. The summed E-state index contributed by atoms with van der Waals surface area (Å²) >= 11 is 0. The van der Waals surface area contributed by atoms with Gasteiger partial charge in [-0.3, -0.25) is 9.59 Å². The number of nitrogens with two attached hydrogens (primary N) is 1. The largest absolute Gasteiger partial charge is 0.455 e. The lowest BCUT2D eigenvalue weighted by Crippen LogP contribution is -2.24. The van der Waals surface area contributed by atoms with Crippen molar-refractivity contribution >= 4 is 38.5 Å².